The fraction of sp³-hybridized carbons (Fsp3) is 0.400. The van der Waals surface area contributed by atoms with E-state index in [2.05, 4.69) is 16.5 Å². The Kier molecular flexibility index (Phi) is 7.77. The summed E-state index contributed by atoms with van der Waals surface area (Å²) in [5, 5.41) is 23.9. The number of carbonyl (C=O) groups excluding carboxylic acids is 1. The summed E-state index contributed by atoms with van der Waals surface area (Å²) in [6.45, 7) is 0.558. The van der Waals surface area contributed by atoms with Crippen LogP contribution in [-0.2, 0) is 11.2 Å². The predicted molar refractivity (Wildman–Crippen MR) is 98.0 cm³/mol. The van der Waals surface area contributed by atoms with E-state index >= 15 is 0 Å². The maximum absolute atomic E-state index is 12.4. The zero-order valence-corrected chi connectivity index (χ0v) is 14.7. The molecule has 0 saturated carbocycles. The topological polar surface area (TPSA) is 164 Å². The summed E-state index contributed by atoms with van der Waals surface area (Å²) in [6.07, 6.45) is 1.82. The Morgan fingerprint density at radius 2 is 2.15 bits per heavy atom. The summed E-state index contributed by atoms with van der Waals surface area (Å²) in [5.74, 6) is -0.560. The van der Waals surface area contributed by atoms with Gasteiger partial charge >= 0.3 is 0 Å². The number of nitrogens with two attached hydrogens (primary N) is 2. The van der Waals surface area contributed by atoms with Crippen LogP contribution in [0.4, 0.5) is 5.69 Å². The number of hydrogen-bond donors (Lipinski definition) is 3. The minimum absolute atomic E-state index is 0. The molecule has 2 rings (SSSR count). The van der Waals surface area contributed by atoms with E-state index in [1.165, 1.54) is 4.90 Å². The van der Waals surface area contributed by atoms with E-state index in [-0.39, 0.29) is 24.3 Å². The van der Waals surface area contributed by atoms with Gasteiger partial charge in [-0.05, 0) is 37.0 Å². The molecule has 1 aliphatic heterocycles. The van der Waals surface area contributed by atoms with Crippen molar-refractivity contribution in [2.75, 3.05) is 11.9 Å². The number of carbonyl (C=O) groups is 1. The van der Waals surface area contributed by atoms with Crippen LogP contribution in [0.15, 0.2) is 29.4 Å². The first-order chi connectivity index (χ1) is 11.9. The van der Waals surface area contributed by atoms with Crippen LogP contribution in [0, 0.1) is 21.4 Å². The summed E-state index contributed by atoms with van der Waals surface area (Å²) >= 11 is 0. The Bertz CT molecular complexity index is 717. The molecular weight excluding hydrogens is 362 g/mol. The Morgan fingerprint density at radius 3 is 2.73 bits per heavy atom. The van der Waals surface area contributed by atoms with Gasteiger partial charge in [0.2, 0.25) is 5.91 Å². The third-order valence-electron chi connectivity index (χ3n) is 3.87. The summed E-state index contributed by atoms with van der Waals surface area (Å²) in [5.41, 5.74) is 12.7. The lowest BCUT2D eigenvalue weighted by Crippen LogP contribution is -2.46. The van der Waals surface area contributed by atoms with E-state index in [1.807, 2.05) is 0 Å². The normalized spacial score (nSPS) is 17.8. The van der Waals surface area contributed by atoms with Gasteiger partial charge in [-0.15, -0.1) is 12.4 Å². The van der Waals surface area contributed by atoms with Crippen molar-refractivity contribution in [2.45, 2.75) is 31.3 Å². The zero-order valence-electron chi connectivity index (χ0n) is 13.9. The molecule has 11 heteroatoms. The van der Waals surface area contributed by atoms with Gasteiger partial charge < -0.3 is 21.7 Å². The van der Waals surface area contributed by atoms with E-state index in [0.29, 0.717) is 25.1 Å². The number of amides is 1. The van der Waals surface area contributed by atoms with E-state index in [1.54, 1.807) is 24.3 Å². The molecule has 140 valence electrons. The Labute approximate surface area is 156 Å². The standard InChI is InChI=1S/C15H19N7O3.ClH/c16-9-12-2-1-7-21(12)14(23)13(17)8-10-3-5-11(6-4-10)19-15(18)20-22(24)25;/h3-6,12-13H,1-2,7-8,17H2,(H3,18,19,20);1H/t12-,13-;/m0./s1. The minimum Gasteiger partial charge on any atom is -0.364 e. The zero-order chi connectivity index (χ0) is 18.4. The van der Waals surface area contributed by atoms with Crippen molar-refractivity contribution >= 4 is 30.0 Å². The number of rotatable bonds is 5. The van der Waals surface area contributed by atoms with Gasteiger partial charge in [-0.2, -0.15) is 5.26 Å². The molecule has 1 aliphatic rings. The molecule has 0 unspecified atom stereocenters. The Morgan fingerprint density at radius 1 is 1.50 bits per heavy atom. The lowest BCUT2D eigenvalue weighted by molar-refractivity contribution is -0.485. The molecule has 1 fully saturated rings. The van der Waals surface area contributed by atoms with Gasteiger partial charge in [-0.1, -0.05) is 12.1 Å². The summed E-state index contributed by atoms with van der Waals surface area (Å²) in [7, 11) is 0. The van der Waals surface area contributed by atoms with Crippen molar-refractivity contribution in [1.29, 1.82) is 5.26 Å². The van der Waals surface area contributed by atoms with E-state index in [0.717, 1.165) is 12.0 Å². The van der Waals surface area contributed by atoms with Crippen molar-refractivity contribution in [2.24, 2.45) is 16.6 Å². The average Bonchev–Trinajstić information content (AvgIpc) is 3.03. The number of nitrogens with one attached hydrogen (secondary N) is 1. The molecule has 0 aromatic heterocycles. The van der Waals surface area contributed by atoms with E-state index in [9.17, 15) is 14.9 Å². The van der Waals surface area contributed by atoms with Gasteiger partial charge in [0.15, 0.2) is 5.03 Å². The van der Waals surface area contributed by atoms with E-state index < -0.39 is 17.1 Å². The molecule has 0 bridgehead atoms. The van der Waals surface area contributed by atoms with Crippen LogP contribution in [0.5, 0.6) is 0 Å². The fourth-order valence-electron chi connectivity index (χ4n) is 2.70. The summed E-state index contributed by atoms with van der Waals surface area (Å²) in [6, 6.07) is 7.79. The smallest absolute Gasteiger partial charge is 0.270 e. The quantitative estimate of drug-likeness (QED) is 0.287. The van der Waals surface area contributed by atoms with Crippen LogP contribution in [0.3, 0.4) is 0 Å². The highest BCUT2D eigenvalue weighted by Gasteiger charge is 2.31. The number of nitriles is 1. The lowest BCUT2D eigenvalue weighted by Gasteiger charge is -2.23. The van der Waals surface area contributed by atoms with Gasteiger partial charge in [0.05, 0.1) is 12.1 Å². The molecule has 5 N–H and O–H groups in total. The maximum atomic E-state index is 12.4. The number of benzene rings is 1. The number of likely N-dealkylation sites (tertiary alicyclic amines) is 1. The van der Waals surface area contributed by atoms with Crippen LogP contribution in [-0.4, -0.2) is 40.4 Å². The number of guanidine groups is 1. The molecule has 10 nitrogen and oxygen atoms in total. The average molecular weight is 382 g/mol. The third kappa shape index (κ3) is 5.58. The SMILES string of the molecule is Cl.N#C[C@@H]1CCCN1C(=O)[C@@H](N)Cc1ccc(NC(N)=N[N+](=O)[O-])cc1. The van der Waals surface area contributed by atoms with E-state index in [4.69, 9.17) is 16.7 Å². The second-order valence-corrected chi connectivity index (χ2v) is 5.67. The van der Waals surface area contributed by atoms with Crippen molar-refractivity contribution in [3.63, 3.8) is 0 Å². The van der Waals surface area contributed by atoms with Crippen molar-refractivity contribution in [3.8, 4) is 6.07 Å². The van der Waals surface area contributed by atoms with Crippen LogP contribution in [0.1, 0.15) is 18.4 Å². The predicted octanol–water partition coefficient (Wildman–Crippen LogP) is 0.411. The molecule has 1 amide bonds. The second-order valence-electron chi connectivity index (χ2n) is 5.67. The van der Waals surface area contributed by atoms with Crippen LogP contribution < -0.4 is 16.8 Å². The maximum Gasteiger partial charge on any atom is 0.270 e. The van der Waals surface area contributed by atoms with Gasteiger partial charge in [-0.3, -0.25) is 4.79 Å². The number of halogens is 1. The molecule has 1 heterocycles. The Balaban J connectivity index is 0.00000338. The number of hydrogen-bond acceptors (Lipinski definition) is 5. The molecule has 0 aliphatic carbocycles. The van der Waals surface area contributed by atoms with Crippen molar-refractivity contribution in [3.05, 3.63) is 39.9 Å². The van der Waals surface area contributed by atoms with Crippen molar-refractivity contribution < 1.29 is 9.83 Å². The first kappa shape index (κ1) is 21.1. The highest BCUT2D eigenvalue weighted by Crippen LogP contribution is 2.18. The van der Waals surface area contributed by atoms with Crippen LogP contribution >= 0.6 is 12.4 Å². The number of nitrogens with zero attached hydrogens (tertiary/aromatic N) is 4. The molecule has 0 spiro atoms. The number of nitro groups is 1. The molecule has 1 aromatic rings. The molecule has 26 heavy (non-hydrogen) atoms. The second kappa shape index (κ2) is 9.55. The van der Waals surface area contributed by atoms with Gasteiger partial charge in [0.25, 0.3) is 5.96 Å². The largest absolute Gasteiger partial charge is 0.364 e. The number of hydrazone groups is 1. The first-order valence-electron chi connectivity index (χ1n) is 7.71. The fourth-order valence-corrected chi connectivity index (χ4v) is 2.70. The van der Waals surface area contributed by atoms with Gasteiger partial charge in [0, 0.05) is 12.2 Å². The third-order valence-corrected chi connectivity index (χ3v) is 3.87. The molecule has 2 atom stereocenters. The summed E-state index contributed by atoms with van der Waals surface area (Å²) in [4.78, 5) is 24.1. The summed E-state index contributed by atoms with van der Waals surface area (Å²) < 4.78 is 0. The lowest BCUT2D eigenvalue weighted by atomic mass is 10.0. The van der Waals surface area contributed by atoms with Gasteiger partial charge in [-0.25, -0.2) is 10.1 Å². The van der Waals surface area contributed by atoms with Crippen molar-refractivity contribution in [1.82, 2.24) is 4.90 Å². The molecule has 1 saturated heterocycles. The molecule has 0 radical (unpaired) electrons. The number of anilines is 1. The monoisotopic (exact) mass is 381 g/mol. The minimum atomic E-state index is -0.895. The molecular formula is C15H20ClN7O3. The van der Waals surface area contributed by atoms with Crippen LogP contribution in [0.2, 0.25) is 0 Å². The Hall–Kier alpha value is -2.90. The van der Waals surface area contributed by atoms with Gasteiger partial charge in [0.1, 0.15) is 11.1 Å². The highest BCUT2D eigenvalue weighted by atomic mass is 35.5. The highest BCUT2D eigenvalue weighted by molar-refractivity contribution is 5.91. The van der Waals surface area contributed by atoms with Crippen LogP contribution in [0.25, 0.3) is 0 Å². The first-order valence-corrected chi connectivity index (χ1v) is 7.71. The molecule has 1 aromatic carbocycles.